The molecule has 1 aliphatic carbocycles. The molecule has 2 N–H and O–H groups in total. The predicted molar refractivity (Wildman–Crippen MR) is 56.3 cm³/mol. The molecule has 0 saturated carbocycles. The first-order valence-corrected chi connectivity index (χ1v) is 5.68. The van der Waals surface area contributed by atoms with Gasteiger partial charge in [0.2, 0.25) is 0 Å². The SMILES string of the molecule is O=C(Nc1nc2c(s1)CCC2)c1nn[nH]n1. The van der Waals surface area contributed by atoms with Gasteiger partial charge in [-0.05, 0) is 24.5 Å². The third-order valence-corrected chi connectivity index (χ3v) is 3.44. The lowest BCUT2D eigenvalue weighted by Crippen LogP contribution is -2.13. The van der Waals surface area contributed by atoms with Gasteiger partial charge in [0.1, 0.15) is 0 Å². The molecule has 16 heavy (non-hydrogen) atoms. The molecule has 1 amide bonds. The largest absolute Gasteiger partial charge is 0.299 e. The topological polar surface area (TPSA) is 96.5 Å². The first-order valence-electron chi connectivity index (χ1n) is 4.86. The molecule has 0 spiro atoms. The normalized spacial score (nSPS) is 13.8. The number of aromatic amines is 1. The van der Waals surface area contributed by atoms with Gasteiger partial charge in [-0.1, -0.05) is 0 Å². The molecule has 0 bridgehead atoms. The van der Waals surface area contributed by atoms with E-state index in [0.717, 1.165) is 25.0 Å². The average Bonchev–Trinajstić information content (AvgIpc) is 2.91. The van der Waals surface area contributed by atoms with Crippen molar-refractivity contribution in [2.24, 2.45) is 0 Å². The zero-order valence-corrected chi connectivity index (χ0v) is 9.04. The molecule has 3 rings (SSSR count). The number of fused-ring (bicyclic) bond motifs is 1. The summed E-state index contributed by atoms with van der Waals surface area (Å²) in [6, 6.07) is 0. The average molecular weight is 236 g/mol. The maximum Gasteiger partial charge on any atom is 0.299 e. The molecule has 2 aromatic heterocycles. The summed E-state index contributed by atoms with van der Waals surface area (Å²) in [4.78, 5) is 17.2. The molecule has 8 heteroatoms. The second kappa shape index (κ2) is 3.63. The molecule has 2 aromatic rings. The first kappa shape index (κ1) is 9.40. The Bertz CT molecular complexity index is 497. The Labute approximate surface area is 94.3 Å². The number of aromatic nitrogens is 5. The van der Waals surface area contributed by atoms with Crippen molar-refractivity contribution in [1.29, 1.82) is 0 Å². The van der Waals surface area contributed by atoms with Crippen molar-refractivity contribution in [1.82, 2.24) is 25.6 Å². The van der Waals surface area contributed by atoms with Crippen molar-refractivity contribution in [3.8, 4) is 0 Å². The number of amides is 1. The van der Waals surface area contributed by atoms with Crippen LogP contribution in [0.5, 0.6) is 0 Å². The van der Waals surface area contributed by atoms with Crippen molar-refractivity contribution >= 4 is 22.4 Å². The van der Waals surface area contributed by atoms with Gasteiger partial charge >= 0.3 is 0 Å². The molecule has 0 fully saturated rings. The molecule has 0 atom stereocenters. The summed E-state index contributed by atoms with van der Waals surface area (Å²) in [5.74, 6) is -0.364. The Balaban J connectivity index is 1.77. The number of H-pyrrole nitrogens is 1. The van der Waals surface area contributed by atoms with Gasteiger partial charge in [-0.2, -0.15) is 5.21 Å². The molecule has 0 radical (unpaired) electrons. The quantitative estimate of drug-likeness (QED) is 0.786. The number of rotatable bonds is 2. The van der Waals surface area contributed by atoms with Crippen LogP contribution in [0.1, 0.15) is 27.6 Å². The number of anilines is 1. The van der Waals surface area contributed by atoms with Gasteiger partial charge < -0.3 is 0 Å². The van der Waals surface area contributed by atoms with Gasteiger partial charge in [-0.3, -0.25) is 10.1 Å². The van der Waals surface area contributed by atoms with Crippen LogP contribution in [0.15, 0.2) is 0 Å². The number of carbonyl (C=O) groups is 1. The highest BCUT2D eigenvalue weighted by Crippen LogP contribution is 2.30. The summed E-state index contributed by atoms with van der Waals surface area (Å²) < 4.78 is 0. The second-order valence-electron chi connectivity index (χ2n) is 3.43. The van der Waals surface area contributed by atoms with Crippen molar-refractivity contribution in [3.05, 3.63) is 16.4 Å². The minimum Gasteiger partial charge on any atom is -0.295 e. The van der Waals surface area contributed by atoms with Gasteiger partial charge in [0.05, 0.1) is 5.69 Å². The van der Waals surface area contributed by atoms with Crippen molar-refractivity contribution < 1.29 is 4.79 Å². The molecule has 0 saturated heterocycles. The maximum absolute atomic E-state index is 11.6. The van der Waals surface area contributed by atoms with E-state index in [0.29, 0.717) is 5.13 Å². The lowest BCUT2D eigenvalue weighted by atomic mass is 10.4. The minimum atomic E-state index is -0.388. The van der Waals surface area contributed by atoms with Crippen LogP contribution >= 0.6 is 11.3 Å². The number of thiazole rings is 1. The van der Waals surface area contributed by atoms with E-state index >= 15 is 0 Å². The van der Waals surface area contributed by atoms with Crippen LogP contribution in [-0.2, 0) is 12.8 Å². The Kier molecular flexibility index (Phi) is 2.13. The summed E-state index contributed by atoms with van der Waals surface area (Å²) in [6.45, 7) is 0. The van der Waals surface area contributed by atoms with Crippen LogP contribution in [0.3, 0.4) is 0 Å². The van der Waals surface area contributed by atoms with E-state index in [9.17, 15) is 4.79 Å². The zero-order valence-electron chi connectivity index (χ0n) is 8.23. The van der Waals surface area contributed by atoms with Crippen molar-refractivity contribution in [2.45, 2.75) is 19.3 Å². The number of hydrogen-bond acceptors (Lipinski definition) is 6. The fourth-order valence-corrected chi connectivity index (χ4v) is 2.70. The van der Waals surface area contributed by atoms with E-state index in [1.165, 1.54) is 16.2 Å². The van der Waals surface area contributed by atoms with Crippen molar-refractivity contribution in [2.75, 3.05) is 5.32 Å². The molecule has 7 nitrogen and oxygen atoms in total. The van der Waals surface area contributed by atoms with E-state index in [2.05, 4.69) is 30.9 Å². The van der Waals surface area contributed by atoms with Crippen LogP contribution in [-0.4, -0.2) is 31.5 Å². The summed E-state index contributed by atoms with van der Waals surface area (Å²) in [6.07, 6.45) is 3.22. The van der Waals surface area contributed by atoms with E-state index in [1.807, 2.05) is 0 Å². The van der Waals surface area contributed by atoms with Crippen LogP contribution in [0.2, 0.25) is 0 Å². The Hall–Kier alpha value is -1.83. The Morgan fingerprint density at radius 1 is 1.44 bits per heavy atom. The fraction of sp³-hybridized carbons (Fsp3) is 0.375. The van der Waals surface area contributed by atoms with Crippen molar-refractivity contribution in [3.63, 3.8) is 0 Å². The molecule has 1 aliphatic rings. The van der Waals surface area contributed by atoms with Gasteiger partial charge in [-0.15, -0.1) is 21.5 Å². The van der Waals surface area contributed by atoms with E-state index in [4.69, 9.17) is 0 Å². The molecule has 0 aromatic carbocycles. The monoisotopic (exact) mass is 236 g/mol. The maximum atomic E-state index is 11.6. The van der Waals surface area contributed by atoms with Crippen LogP contribution in [0.4, 0.5) is 5.13 Å². The molecule has 0 aliphatic heterocycles. The summed E-state index contributed by atoms with van der Waals surface area (Å²) in [5, 5.41) is 16.0. The number of aryl methyl sites for hydroxylation is 2. The highest BCUT2D eigenvalue weighted by atomic mass is 32.1. The van der Waals surface area contributed by atoms with Crippen LogP contribution < -0.4 is 5.32 Å². The van der Waals surface area contributed by atoms with Gasteiger partial charge in [0.25, 0.3) is 11.7 Å². The Morgan fingerprint density at radius 2 is 2.38 bits per heavy atom. The third kappa shape index (κ3) is 1.56. The standard InChI is InChI=1S/C8H8N6OS/c15-7(6-11-13-14-12-6)10-8-9-4-2-1-3-5(4)16-8/h1-3H2,(H,9,10,15)(H,11,12,13,14). The number of nitrogens with zero attached hydrogens (tertiary/aromatic N) is 4. The highest BCUT2D eigenvalue weighted by molar-refractivity contribution is 7.15. The zero-order chi connectivity index (χ0) is 11.0. The number of hydrogen-bond donors (Lipinski definition) is 2. The van der Waals surface area contributed by atoms with Crippen LogP contribution in [0, 0.1) is 0 Å². The molecular formula is C8H8N6OS. The molecule has 2 heterocycles. The number of tetrazole rings is 1. The summed E-state index contributed by atoms with van der Waals surface area (Å²) in [5.41, 5.74) is 1.11. The number of carbonyl (C=O) groups excluding carboxylic acids is 1. The van der Waals surface area contributed by atoms with E-state index in [1.54, 1.807) is 0 Å². The molecule has 82 valence electrons. The fourth-order valence-electron chi connectivity index (χ4n) is 1.65. The van der Waals surface area contributed by atoms with Gasteiger partial charge in [0, 0.05) is 4.88 Å². The van der Waals surface area contributed by atoms with Crippen LogP contribution in [0.25, 0.3) is 0 Å². The van der Waals surface area contributed by atoms with Gasteiger partial charge in [-0.25, -0.2) is 4.98 Å². The first-order chi connectivity index (χ1) is 7.83. The second-order valence-corrected chi connectivity index (χ2v) is 4.52. The lowest BCUT2D eigenvalue weighted by Gasteiger charge is -1.95. The number of nitrogens with one attached hydrogen (secondary N) is 2. The highest BCUT2D eigenvalue weighted by Gasteiger charge is 2.19. The third-order valence-electron chi connectivity index (χ3n) is 2.36. The molecule has 0 unspecified atom stereocenters. The van der Waals surface area contributed by atoms with E-state index < -0.39 is 0 Å². The smallest absolute Gasteiger partial charge is 0.295 e. The minimum absolute atomic E-state index is 0.0235. The van der Waals surface area contributed by atoms with Gasteiger partial charge in [0.15, 0.2) is 5.13 Å². The van der Waals surface area contributed by atoms with E-state index in [-0.39, 0.29) is 11.7 Å². The Morgan fingerprint density at radius 3 is 3.12 bits per heavy atom. The summed E-state index contributed by atoms with van der Waals surface area (Å²) in [7, 11) is 0. The predicted octanol–water partition coefficient (Wildman–Crippen LogP) is 0.397. The molecular weight excluding hydrogens is 228 g/mol. The summed E-state index contributed by atoms with van der Waals surface area (Å²) >= 11 is 1.52. The lowest BCUT2D eigenvalue weighted by molar-refractivity contribution is 0.101.